The van der Waals surface area contributed by atoms with Crippen LogP contribution in [0, 0.1) is 0 Å². The highest BCUT2D eigenvalue weighted by atomic mass is 35.5. The fourth-order valence-electron chi connectivity index (χ4n) is 1.89. The van der Waals surface area contributed by atoms with E-state index in [9.17, 15) is 4.79 Å². The predicted molar refractivity (Wildman–Crippen MR) is 64.0 cm³/mol. The molecule has 0 atom stereocenters. The molecule has 3 rings (SSSR count). The predicted octanol–water partition coefficient (Wildman–Crippen LogP) is 1.63. The molecule has 6 heteroatoms. The number of carbonyl (C=O) groups is 1. The maximum absolute atomic E-state index is 11.4. The number of carbonyl (C=O) groups excluding carboxylic acids is 1. The summed E-state index contributed by atoms with van der Waals surface area (Å²) in [6, 6.07) is 5.20. The highest BCUT2D eigenvalue weighted by Gasteiger charge is 2.13. The van der Waals surface area contributed by atoms with E-state index in [1.807, 2.05) is 0 Å². The number of nitrogens with zero attached hydrogens (tertiary/aromatic N) is 3. The summed E-state index contributed by atoms with van der Waals surface area (Å²) in [7, 11) is 0. The Labute approximate surface area is 101 Å². The van der Waals surface area contributed by atoms with E-state index in [4.69, 9.17) is 17.3 Å². The third kappa shape index (κ3) is 1.36. The lowest BCUT2D eigenvalue weighted by atomic mass is 10.1. The molecule has 0 aliphatic carbocycles. The van der Waals surface area contributed by atoms with E-state index in [0.717, 1.165) is 16.3 Å². The number of fused-ring (bicyclic) bond motifs is 3. The Kier molecular flexibility index (Phi) is 2.02. The van der Waals surface area contributed by atoms with E-state index in [0.29, 0.717) is 10.8 Å². The first kappa shape index (κ1) is 10.0. The third-order valence-corrected chi connectivity index (χ3v) is 2.90. The summed E-state index contributed by atoms with van der Waals surface area (Å²) in [5.74, 6) is -0.534. The van der Waals surface area contributed by atoms with Gasteiger partial charge in [-0.2, -0.15) is 5.10 Å². The van der Waals surface area contributed by atoms with Gasteiger partial charge in [-0.05, 0) is 23.6 Å². The molecule has 0 aliphatic heterocycles. The molecular formula is C11H7ClN4O. The lowest BCUT2D eigenvalue weighted by Gasteiger charge is -2.06. The molecule has 1 amide bonds. The molecule has 0 aromatic carbocycles. The molecule has 84 valence electrons. The highest BCUT2D eigenvalue weighted by molar-refractivity contribution is 6.35. The second-order valence-corrected chi connectivity index (χ2v) is 3.95. The maximum Gasteiger partial charge on any atom is 0.267 e. The Balaban J connectivity index is 2.61. The minimum absolute atomic E-state index is 0.319. The van der Waals surface area contributed by atoms with Crippen LogP contribution in [0.2, 0.25) is 5.15 Å². The van der Waals surface area contributed by atoms with E-state index < -0.39 is 5.91 Å². The van der Waals surface area contributed by atoms with Gasteiger partial charge in [0.2, 0.25) is 0 Å². The Hall–Kier alpha value is -2.14. The average Bonchev–Trinajstić information content (AvgIpc) is 2.76. The monoisotopic (exact) mass is 246 g/mol. The van der Waals surface area contributed by atoms with Crippen molar-refractivity contribution in [1.29, 1.82) is 0 Å². The maximum atomic E-state index is 11.4. The van der Waals surface area contributed by atoms with E-state index >= 15 is 0 Å². The molecule has 0 fully saturated rings. The molecule has 3 aromatic heterocycles. The van der Waals surface area contributed by atoms with Gasteiger partial charge in [-0.15, -0.1) is 0 Å². The number of hydrogen-bond donors (Lipinski definition) is 1. The summed E-state index contributed by atoms with van der Waals surface area (Å²) < 4.78 is 1.47. The first-order valence-electron chi connectivity index (χ1n) is 4.89. The SMILES string of the molecule is NC(=O)c1cc2ccnc(Cl)c2c2ccnn12. The van der Waals surface area contributed by atoms with Crippen LogP contribution in [0.25, 0.3) is 16.3 Å². The van der Waals surface area contributed by atoms with Crippen LogP contribution < -0.4 is 5.73 Å². The number of primary amides is 1. The van der Waals surface area contributed by atoms with E-state index in [1.54, 1.807) is 30.6 Å². The zero-order valence-corrected chi connectivity index (χ0v) is 9.35. The average molecular weight is 247 g/mol. The number of hydrogen-bond acceptors (Lipinski definition) is 3. The Morgan fingerprint density at radius 2 is 2.18 bits per heavy atom. The smallest absolute Gasteiger partial charge is 0.267 e. The van der Waals surface area contributed by atoms with Crippen LogP contribution in [0.3, 0.4) is 0 Å². The van der Waals surface area contributed by atoms with Crippen LogP contribution in [-0.4, -0.2) is 20.5 Å². The zero-order valence-electron chi connectivity index (χ0n) is 8.59. The number of aromatic nitrogens is 3. The molecular weight excluding hydrogens is 240 g/mol. The van der Waals surface area contributed by atoms with Crippen molar-refractivity contribution >= 4 is 33.8 Å². The summed E-state index contributed by atoms with van der Waals surface area (Å²) in [6.07, 6.45) is 3.17. The second-order valence-electron chi connectivity index (χ2n) is 3.59. The third-order valence-electron chi connectivity index (χ3n) is 2.61. The van der Waals surface area contributed by atoms with Crippen molar-refractivity contribution in [1.82, 2.24) is 14.6 Å². The van der Waals surface area contributed by atoms with Crippen molar-refractivity contribution in [3.8, 4) is 0 Å². The lowest BCUT2D eigenvalue weighted by molar-refractivity contribution is 0.0993. The number of nitrogens with two attached hydrogens (primary N) is 1. The minimum Gasteiger partial charge on any atom is -0.364 e. The van der Waals surface area contributed by atoms with Gasteiger partial charge in [-0.25, -0.2) is 9.50 Å². The molecule has 0 unspecified atom stereocenters. The van der Waals surface area contributed by atoms with Gasteiger partial charge in [-0.1, -0.05) is 11.6 Å². The summed E-state index contributed by atoms with van der Waals surface area (Å²) in [5, 5.41) is 6.01. The Morgan fingerprint density at radius 1 is 1.35 bits per heavy atom. The van der Waals surface area contributed by atoms with Crippen molar-refractivity contribution < 1.29 is 4.79 Å². The number of rotatable bonds is 1. The number of amides is 1. The van der Waals surface area contributed by atoms with Crippen molar-refractivity contribution in [3.63, 3.8) is 0 Å². The minimum atomic E-state index is -0.534. The van der Waals surface area contributed by atoms with Crippen LogP contribution in [0.1, 0.15) is 10.5 Å². The number of pyridine rings is 2. The summed E-state index contributed by atoms with van der Waals surface area (Å²) in [4.78, 5) is 15.4. The summed E-state index contributed by atoms with van der Waals surface area (Å²) >= 11 is 6.06. The van der Waals surface area contributed by atoms with Crippen molar-refractivity contribution in [2.75, 3.05) is 0 Å². The fraction of sp³-hybridized carbons (Fsp3) is 0. The first-order valence-corrected chi connectivity index (χ1v) is 5.27. The van der Waals surface area contributed by atoms with Crippen LogP contribution in [0.5, 0.6) is 0 Å². The van der Waals surface area contributed by atoms with Crippen LogP contribution in [0.15, 0.2) is 30.6 Å². The fourth-order valence-corrected chi connectivity index (χ4v) is 2.15. The molecule has 0 saturated heterocycles. The van der Waals surface area contributed by atoms with Crippen molar-refractivity contribution in [3.05, 3.63) is 41.4 Å². The van der Waals surface area contributed by atoms with Crippen LogP contribution >= 0.6 is 11.6 Å². The largest absolute Gasteiger partial charge is 0.364 e. The van der Waals surface area contributed by atoms with E-state index in [1.165, 1.54) is 4.52 Å². The molecule has 2 N–H and O–H groups in total. The van der Waals surface area contributed by atoms with E-state index in [2.05, 4.69) is 10.1 Å². The molecule has 0 radical (unpaired) electrons. The van der Waals surface area contributed by atoms with Gasteiger partial charge in [0.1, 0.15) is 10.8 Å². The quantitative estimate of drug-likeness (QED) is 0.664. The summed E-state index contributed by atoms with van der Waals surface area (Å²) in [6.45, 7) is 0. The van der Waals surface area contributed by atoms with Gasteiger partial charge in [0.15, 0.2) is 0 Å². The first-order chi connectivity index (χ1) is 8.18. The highest BCUT2D eigenvalue weighted by Crippen LogP contribution is 2.26. The molecule has 3 heterocycles. The van der Waals surface area contributed by atoms with E-state index in [-0.39, 0.29) is 0 Å². The Morgan fingerprint density at radius 3 is 2.94 bits per heavy atom. The van der Waals surface area contributed by atoms with Gasteiger partial charge in [0, 0.05) is 11.6 Å². The molecule has 0 saturated carbocycles. The van der Waals surface area contributed by atoms with Gasteiger partial charge >= 0.3 is 0 Å². The van der Waals surface area contributed by atoms with Crippen molar-refractivity contribution in [2.24, 2.45) is 5.73 Å². The van der Waals surface area contributed by atoms with Crippen molar-refractivity contribution in [2.45, 2.75) is 0 Å². The topological polar surface area (TPSA) is 73.3 Å². The molecule has 0 spiro atoms. The second kappa shape index (κ2) is 3.43. The molecule has 0 aliphatic rings. The van der Waals surface area contributed by atoms with Gasteiger partial charge in [-0.3, -0.25) is 4.79 Å². The molecule has 5 nitrogen and oxygen atoms in total. The summed E-state index contributed by atoms with van der Waals surface area (Å²) in [5.41, 5.74) is 6.36. The van der Waals surface area contributed by atoms with Crippen LogP contribution in [-0.2, 0) is 0 Å². The normalized spacial score (nSPS) is 11.1. The van der Waals surface area contributed by atoms with Gasteiger partial charge in [0.25, 0.3) is 5.91 Å². The van der Waals surface area contributed by atoms with Gasteiger partial charge in [0.05, 0.1) is 11.7 Å². The molecule has 3 aromatic rings. The standard InChI is InChI=1S/C11H7ClN4O/c12-10-9-6(1-3-14-10)5-8(11(13)17)16-7(9)2-4-15-16/h1-5H,(H2,13,17). The molecule has 17 heavy (non-hydrogen) atoms. The zero-order chi connectivity index (χ0) is 12.0. The van der Waals surface area contributed by atoms with Gasteiger partial charge < -0.3 is 5.73 Å². The molecule has 0 bridgehead atoms. The van der Waals surface area contributed by atoms with Crippen LogP contribution in [0.4, 0.5) is 0 Å². The number of halogens is 1. The Bertz CT molecular complexity index is 750. The lowest BCUT2D eigenvalue weighted by Crippen LogP contribution is -2.16.